The van der Waals surface area contributed by atoms with Crippen LogP contribution in [0.2, 0.25) is 0 Å². The Kier molecular flexibility index (Phi) is 2.20. The van der Waals surface area contributed by atoms with Crippen molar-refractivity contribution in [2.24, 2.45) is 5.73 Å². The summed E-state index contributed by atoms with van der Waals surface area (Å²) in [5.41, 5.74) is 6.19. The topological polar surface area (TPSA) is 70.9 Å². The van der Waals surface area contributed by atoms with Gasteiger partial charge in [0.2, 0.25) is 5.91 Å². The number of H-pyrrole nitrogens is 1. The summed E-state index contributed by atoms with van der Waals surface area (Å²) in [7, 11) is 0. The van der Waals surface area contributed by atoms with E-state index in [1.165, 1.54) is 0 Å². The molecule has 0 aliphatic heterocycles. The molecule has 4 heteroatoms. The molecule has 0 aliphatic rings. The first kappa shape index (κ1) is 8.77. The van der Waals surface area contributed by atoms with Crippen molar-refractivity contribution in [3.63, 3.8) is 0 Å². The van der Waals surface area contributed by atoms with E-state index in [1.807, 2.05) is 30.3 Å². The molecule has 0 atom stereocenters. The minimum absolute atomic E-state index is 0.00460. The largest absolute Gasteiger partial charge is 0.341 e. The van der Waals surface area contributed by atoms with Gasteiger partial charge in [0.25, 0.3) is 0 Å². The number of para-hydroxylation sites is 1. The van der Waals surface area contributed by atoms with Crippen LogP contribution in [-0.4, -0.2) is 17.4 Å². The van der Waals surface area contributed by atoms with Crippen LogP contribution in [0.5, 0.6) is 0 Å². The first-order valence-electron chi connectivity index (χ1n) is 4.37. The van der Waals surface area contributed by atoms with Gasteiger partial charge in [0.1, 0.15) is 5.82 Å². The molecule has 2 rings (SSSR count). The number of anilines is 1. The smallest absolute Gasteiger partial charge is 0.239 e. The van der Waals surface area contributed by atoms with Gasteiger partial charge in [-0.05, 0) is 12.1 Å². The molecule has 0 saturated heterocycles. The molecule has 1 aromatic carbocycles. The van der Waals surface area contributed by atoms with E-state index in [0.29, 0.717) is 5.82 Å². The summed E-state index contributed by atoms with van der Waals surface area (Å²) in [5, 5.41) is 3.73. The van der Waals surface area contributed by atoms with Crippen molar-refractivity contribution in [1.29, 1.82) is 0 Å². The maximum Gasteiger partial charge on any atom is 0.239 e. The van der Waals surface area contributed by atoms with Gasteiger partial charge < -0.3 is 16.0 Å². The molecule has 0 aliphatic carbocycles. The summed E-state index contributed by atoms with van der Waals surface area (Å²) < 4.78 is 0. The molecule has 0 bridgehead atoms. The number of nitrogens with one attached hydrogen (secondary N) is 2. The number of carbonyl (C=O) groups excluding carboxylic acids is 1. The van der Waals surface area contributed by atoms with Crippen molar-refractivity contribution in [2.75, 3.05) is 11.9 Å². The third-order valence-corrected chi connectivity index (χ3v) is 1.99. The fourth-order valence-electron chi connectivity index (χ4n) is 1.34. The van der Waals surface area contributed by atoms with Gasteiger partial charge in [-0.25, -0.2) is 0 Å². The van der Waals surface area contributed by atoms with Crippen LogP contribution in [0.25, 0.3) is 10.9 Å². The molecule has 0 unspecified atom stereocenters. The van der Waals surface area contributed by atoms with Gasteiger partial charge in [0.15, 0.2) is 0 Å². The van der Waals surface area contributed by atoms with E-state index in [2.05, 4.69) is 10.3 Å². The summed E-state index contributed by atoms with van der Waals surface area (Å²) in [6.07, 6.45) is 0. The second kappa shape index (κ2) is 3.51. The minimum Gasteiger partial charge on any atom is -0.341 e. The number of nitrogens with two attached hydrogens (primary N) is 1. The molecule has 2 aromatic rings. The number of amides is 1. The number of fused-ring (bicyclic) bond motifs is 1. The Morgan fingerprint density at radius 3 is 2.93 bits per heavy atom. The van der Waals surface area contributed by atoms with E-state index in [-0.39, 0.29) is 12.5 Å². The van der Waals surface area contributed by atoms with Crippen molar-refractivity contribution in [3.8, 4) is 0 Å². The summed E-state index contributed by atoms with van der Waals surface area (Å²) in [4.78, 5) is 14.1. The number of aromatic nitrogens is 1. The zero-order valence-electron chi connectivity index (χ0n) is 7.58. The molecule has 1 amide bonds. The average Bonchev–Trinajstić information content (AvgIpc) is 2.59. The predicted octanol–water partition coefficient (Wildman–Crippen LogP) is 1.07. The van der Waals surface area contributed by atoms with Crippen molar-refractivity contribution >= 4 is 22.6 Å². The lowest BCUT2D eigenvalue weighted by Crippen LogP contribution is -2.21. The molecule has 0 radical (unpaired) electrons. The first-order valence-corrected chi connectivity index (χ1v) is 4.37. The quantitative estimate of drug-likeness (QED) is 0.661. The Morgan fingerprint density at radius 1 is 1.43 bits per heavy atom. The van der Waals surface area contributed by atoms with Gasteiger partial charge in [-0.1, -0.05) is 18.2 Å². The molecule has 1 heterocycles. The Morgan fingerprint density at radius 2 is 2.21 bits per heavy atom. The summed E-state index contributed by atoms with van der Waals surface area (Å²) in [6.45, 7) is -0.00460. The van der Waals surface area contributed by atoms with Gasteiger partial charge in [-0.15, -0.1) is 0 Å². The maximum atomic E-state index is 11.0. The molecule has 1 aromatic heterocycles. The van der Waals surface area contributed by atoms with E-state index < -0.39 is 0 Å². The van der Waals surface area contributed by atoms with E-state index in [4.69, 9.17) is 5.73 Å². The fraction of sp³-hybridized carbons (Fsp3) is 0.100. The van der Waals surface area contributed by atoms with Crippen molar-refractivity contribution in [2.45, 2.75) is 0 Å². The van der Waals surface area contributed by atoms with Crippen LogP contribution in [0, 0.1) is 0 Å². The lowest BCUT2D eigenvalue weighted by atomic mass is 10.2. The molecule has 0 spiro atoms. The van der Waals surface area contributed by atoms with Crippen LogP contribution in [0.15, 0.2) is 30.3 Å². The average molecular weight is 189 g/mol. The number of aromatic amines is 1. The summed E-state index contributed by atoms with van der Waals surface area (Å²) in [6, 6.07) is 9.69. The van der Waals surface area contributed by atoms with E-state index in [9.17, 15) is 4.79 Å². The van der Waals surface area contributed by atoms with Gasteiger partial charge in [-0.2, -0.15) is 0 Å². The molecule has 4 nitrogen and oxygen atoms in total. The van der Waals surface area contributed by atoms with Gasteiger partial charge in [-0.3, -0.25) is 4.79 Å². The van der Waals surface area contributed by atoms with E-state index in [1.54, 1.807) is 0 Å². The summed E-state index contributed by atoms with van der Waals surface area (Å²) in [5.74, 6) is 0.484. The number of rotatable bonds is 2. The first-order chi connectivity index (χ1) is 6.79. The van der Waals surface area contributed by atoms with Gasteiger partial charge >= 0.3 is 0 Å². The number of hydrogen-bond donors (Lipinski definition) is 3. The van der Waals surface area contributed by atoms with Gasteiger partial charge in [0, 0.05) is 10.9 Å². The highest BCUT2D eigenvalue weighted by Crippen LogP contribution is 2.17. The highest BCUT2D eigenvalue weighted by molar-refractivity contribution is 5.94. The molecule has 0 saturated carbocycles. The monoisotopic (exact) mass is 189 g/mol. The number of hydrogen-bond acceptors (Lipinski definition) is 2. The third-order valence-electron chi connectivity index (χ3n) is 1.99. The van der Waals surface area contributed by atoms with Gasteiger partial charge in [0.05, 0.1) is 6.54 Å². The fourth-order valence-corrected chi connectivity index (χ4v) is 1.34. The molecule has 72 valence electrons. The molecule has 14 heavy (non-hydrogen) atoms. The Bertz CT molecular complexity index is 428. The van der Waals surface area contributed by atoms with E-state index in [0.717, 1.165) is 10.9 Å². The van der Waals surface area contributed by atoms with E-state index >= 15 is 0 Å². The number of carbonyl (C=O) groups is 1. The van der Waals surface area contributed by atoms with Crippen LogP contribution in [0.3, 0.4) is 0 Å². The summed E-state index contributed by atoms with van der Waals surface area (Å²) >= 11 is 0. The van der Waals surface area contributed by atoms with Crippen LogP contribution >= 0.6 is 0 Å². The molecule has 4 N–H and O–H groups in total. The van der Waals surface area contributed by atoms with Crippen LogP contribution in [0.4, 0.5) is 5.82 Å². The highest BCUT2D eigenvalue weighted by atomic mass is 16.1. The molecule has 0 fully saturated rings. The molecular formula is C10H11N3O. The van der Waals surface area contributed by atoms with Crippen molar-refractivity contribution in [1.82, 2.24) is 4.98 Å². The standard InChI is InChI=1S/C10H11N3O/c11-6-10(14)13-9-5-7-3-1-2-4-8(7)12-9/h1-5,12H,6,11H2,(H,13,14). The molecular weight excluding hydrogens is 178 g/mol. The predicted molar refractivity (Wildman–Crippen MR) is 56.0 cm³/mol. The SMILES string of the molecule is NCC(=O)Nc1cc2ccccc2[nH]1. The Balaban J connectivity index is 2.31. The van der Waals surface area contributed by atoms with Crippen molar-refractivity contribution in [3.05, 3.63) is 30.3 Å². The second-order valence-corrected chi connectivity index (χ2v) is 3.02. The number of benzene rings is 1. The van der Waals surface area contributed by atoms with Crippen LogP contribution < -0.4 is 11.1 Å². The van der Waals surface area contributed by atoms with Crippen molar-refractivity contribution < 1.29 is 4.79 Å². The minimum atomic E-state index is -0.198. The maximum absolute atomic E-state index is 11.0. The zero-order valence-corrected chi connectivity index (χ0v) is 7.58. The zero-order chi connectivity index (χ0) is 9.97. The highest BCUT2D eigenvalue weighted by Gasteiger charge is 2.02. The lowest BCUT2D eigenvalue weighted by molar-refractivity contribution is -0.114. The Hall–Kier alpha value is -1.81. The lowest BCUT2D eigenvalue weighted by Gasteiger charge is -1.97. The van der Waals surface area contributed by atoms with Crippen LogP contribution in [0.1, 0.15) is 0 Å². The normalized spacial score (nSPS) is 10.4. The Labute approximate surface area is 81.1 Å². The van der Waals surface area contributed by atoms with Crippen LogP contribution in [-0.2, 0) is 4.79 Å². The third kappa shape index (κ3) is 1.60. The second-order valence-electron chi connectivity index (χ2n) is 3.02.